The maximum atomic E-state index is 11.9. The number of hydrogen-bond donors (Lipinski definition) is 1. The molecule has 0 fully saturated rings. The van der Waals surface area contributed by atoms with Gasteiger partial charge in [-0.25, -0.2) is 0 Å². The lowest BCUT2D eigenvalue weighted by atomic mass is 10.1. The fraction of sp³-hybridized carbons (Fsp3) is 0.235. The Hall–Kier alpha value is -2.00. The van der Waals surface area contributed by atoms with E-state index in [1.165, 1.54) is 0 Å². The van der Waals surface area contributed by atoms with Crippen LogP contribution in [-0.4, -0.2) is 19.1 Å². The van der Waals surface area contributed by atoms with Crippen molar-refractivity contribution in [1.82, 2.24) is 5.32 Å². The third kappa shape index (κ3) is 4.50. The molecule has 0 aliphatic rings. The quantitative estimate of drug-likeness (QED) is 0.854. The van der Waals surface area contributed by atoms with Crippen LogP contribution in [0.15, 0.2) is 42.5 Å². The number of carbonyl (C=O) groups excluding carboxylic acids is 1. The molecule has 3 nitrogen and oxygen atoms in total. The van der Waals surface area contributed by atoms with Crippen molar-refractivity contribution in [2.75, 3.05) is 13.2 Å². The van der Waals surface area contributed by atoms with E-state index >= 15 is 0 Å². The van der Waals surface area contributed by atoms with Gasteiger partial charge in [0.15, 0.2) is 0 Å². The molecule has 0 heterocycles. The first-order valence-electron chi connectivity index (χ1n) is 6.80. The van der Waals surface area contributed by atoms with Gasteiger partial charge >= 0.3 is 0 Å². The summed E-state index contributed by atoms with van der Waals surface area (Å²) in [5.41, 5.74) is 2.80. The van der Waals surface area contributed by atoms with Gasteiger partial charge < -0.3 is 10.1 Å². The normalized spacial score (nSPS) is 10.2. The predicted molar refractivity (Wildman–Crippen MR) is 85.2 cm³/mol. The number of rotatable bonds is 5. The summed E-state index contributed by atoms with van der Waals surface area (Å²) in [5, 5.41) is 3.40. The fourth-order valence-electron chi connectivity index (χ4n) is 1.94. The van der Waals surface area contributed by atoms with Gasteiger partial charge in [-0.05, 0) is 43.7 Å². The molecule has 2 aromatic carbocycles. The van der Waals surface area contributed by atoms with Crippen LogP contribution >= 0.6 is 11.6 Å². The molecule has 0 radical (unpaired) electrons. The topological polar surface area (TPSA) is 38.3 Å². The van der Waals surface area contributed by atoms with Crippen molar-refractivity contribution in [2.45, 2.75) is 13.8 Å². The van der Waals surface area contributed by atoms with Gasteiger partial charge in [0, 0.05) is 5.56 Å². The van der Waals surface area contributed by atoms with E-state index in [1.807, 2.05) is 44.2 Å². The minimum absolute atomic E-state index is 0.0994. The molecule has 4 heteroatoms. The largest absolute Gasteiger partial charge is 0.490 e. The first-order chi connectivity index (χ1) is 10.1. The second kappa shape index (κ2) is 7.14. The molecule has 0 bridgehead atoms. The molecule has 0 saturated heterocycles. The first-order valence-corrected chi connectivity index (χ1v) is 7.18. The van der Waals surface area contributed by atoms with E-state index in [2.05, 4.69) is 5.32 Å². The van der Waals surface area contributed by atoms with Crippen molar-refractivity contribution in [3.63, 3.8) is 0 Å². The number of carbonyl (C=O) groups is 1. The molecule has 2 aromatic rings. The summed E-state index contributed by atoms with van der Waals surface area (Å²) in [4.78, 5) is 11.9. The van der Waals surface area contributed by atoms with Crippen LogP contribution in [0.25, 0.3) is 0 Å². The van der Waals surface area contributed by atoms with Crippen LogP contribution in [0.4, 0.5) is 0 Å². The van der Waals surface area contributed by atoms with Gasteiger partial charge in [-0.3, -0.25) is 4.79 Å². The van der Waals surface area contributed by atoms with Crippen molar-refractivity contribution in [2.24, 2.45) is 0 Å². The zero-order chi connectivity index (χ0) is 15.2. The number of halogens is 1. The van der Waals surface area contributed by atoms with Crippen LogP contribution in [0.5, 0.6) is 5.75 Å². The lowest BCUT2D eigenvalue weighted by molar-refractivity contribution is 0.0947. The van der Waals surface area contributed by atoms with Crippen molar-refractivity contribution >= 4 is 17.5 Å². The van der Waals surface area contributed by atoms with Gasteiger partial charge in [0.1, 0.15) is 12.4 Å². The minimum Gasteiger partial charge on any atom is -0.490 e. The molecule has 110 valence electrons. The number of ether oxygens (including phenoxy) is 1. The molecule has 0 aliphatic carbocycles. The number of hydrogen-bond acceptors (Lipinski definition) is 2. The van der Waals surface area contributed by atoms with Crippen molar-refractivity contribution in [3.05, 3.63) is 64.2 Å². The Bertz CT molecular complexity index is 640. The lowest BCUT2D eigenvalue weighted by Crippen LogP contribution is -2.28. The van der Waals surface area contributed by atoms with Crippen molar-refractivity contribution < 1.29 is 9.53 Å². The highest BCUT2D eigenvalue weighted by Crippen LogP contribution is 2.24. The average Bonchev–Trinajstić information content (AvgIpc) is 2.46. The Kier molecular flexibility index (Phi) is 5.23. The Labute approximate surface area is 129 Å². The summed E-state index contributed by atoms with van der Waals surface area (Å²) in [6, 6.07) is 13.1. The number of benzene rings is 2. The minimum atomic E-state index is -0.0994. The van der Waals surface area contributed by atoms with Gasteiger partial charge in [0.25, 0.3) is 5.91 Å². The molecule has 1 N–H and O–H groups in total. The molecule has 0 saturated carbocycles. The maximum Gasteiger partial charge on any atom is 0.251 e. The Balaban J connectivity index is 1.82. The standard InChI is InChI=1S/C17H18ClNO2/c1-12-4-3-5-14(10-12)17(20)19-8-9-21-16-11-13(2)6-7-15(16)18/h3-7,10-11H,8-9H2,1-2H3,(H,19,20). The van der Waals surface area contributed by atoms with Gasteiger partial charge in [-0.2, -0.15) is 0 Å². The van der Waals surface area contributed by atoms with Crippen molar-refractivity contribution in [3.8, 4) is 5.75 Å². The van der Waals surface area contributed by atoms with Gasteiger partial charge in [-0.1, -0.05) is 35.4 Å². The highest BCUT2D eigenvalue weighted by atomic mass is 35.5. The third-order valence-corrected chi connectivity index (χ3v) is 3.32. The van der Waals surface area contributed by atoms with Crippen molar-refractivity contribution in [1.29, 1.82) is 0 Å². The summed E-state index contributed by atoms with van der Waals surface area (Å²) in [6.07, 6.45) is 0. The number of nitrogens with one attached hydrogen (secondary N) is 1. The van der Waals surface area contributed by atoms with E-state index in [1.54, 1.807) is 12.1 Å². The van der Waals surface area contributed by atoms with Crippen LogP contribution < -0.4 is 10.1 Å². The second-order valence-electron chi connectivity index (χ2n) is 4.91. The third-order valence-electron chi connectivity index (χ3n) is 3.01. The highest BCUT2D eigenvalue weighted by Gasteiger charge is 2.05. The zero-order valence-corrected chi connectivity index (χ0v) is 12.9. The number of amides is 1. The Morgan fingerprint density at radius 3 is 2.67 bits per heavy atom. The maximum absolute atomic E-state index is 11.9. The Morgan fingerprint density at radius 1 is 1.14 bits per heavy atom. The summed E-state index contributed by atoms with van der Waals surface area (Å²) < 4.78 is 5.58. The van der Waals surface area contributed by atoms with Crippen LogP contribution in [0.3, 0.4) is 0 Å². The molecule has 1 amide bonds. The predicted octanol–water partition coefficient (Wildman–Crippen LogP) is 3.77. The molecule has 0 aliphatic heterocycles. The van der Waals surface area contributed by atoms with Gasteiger partial charge in [0.2, 0.25) is 0 Å². The molecule has 0 spiro atoms. The van der Waals surface area contributed by atoms with E-state index in [0.29, 0.717) is 29.5 Å². The monoisotopic (exact) mass is 303 g/mol. The van der Waals surface area contributed by atoms with Crippen LogP contribution in [0.1, 0.15) is 21.5 Å². The molecular weight excluding hydrogens is 286 g/mol. The van der Waals surface area contributed by atoms with Crippen LogP contribution in [-0.2, 0) is 0 Å². The van der Waals surface area contributed by atoms with E-state index in [4.69, 9.17) is 16.3 Å². The summed E-state index contributed by atoms with van der Waals surface area (Å²) in [7, 11) is 0. The lowest BCUT2D eigenvalue weighted by Gasteiger charge is -2.10. The fourth-order valence-corrected chi connectivity index (χ4v) is 2.11. The average molecular weight is 304 g/mol. The van der Waals surface area contributed by atoms with E-state index < -0.39 is 0 Å². The van der Waals surface area contributed by atoms with Gasteiger partial charge in [0.05, 0.1) is 11.6 Å². The summed E-state index contributed by atoms with van der Waals surface area (Å²) >= 11 is 6.04. The number of aryl methyl sites for hydroxylation is 2. The molecule has 21 heavy (non-hydrogen) atoms. The van der Waals surface area contributed by atoms with Gasteiger partial charge in [-0.15, -0.1) is 0 Å². The van der Waals surface area contributed by atoms with E-state index in [0.717, 1.165) is 11.1 Å². The molecular formula is C17H18ClNO2. The van der Waals surface area contributed by atoms with Crippen LogP contribution in [0, 0.1) is 13.8 Å². The molecule has 0 aromatic heterocycles. The first kappa shape index (κ1) is 15.4. The molecule has 2 rings (SSSR count). The summed E-state index contributed by atoms with van der Waals surface area (Å²) in [5.74, 6) is 0.541. The van der Waals surface area contributed by atoms with Crippen LogP contribution in [0.2, 0.25) is 5.02 Å². The zero-order valence-electron chi connectivity index (χ0n) is 12.2. The SMILES string of the molecule is Cc1cccc(C(=O)NCCOc2cc(C)ccc2Cl)c1. The second-order valence-corrected chi connectivity index (χ2v) is 5.31. The van der Waals surface area contributed by atoms with E-state index in [-0.39, 0.29) is 5.91 Å². The Morgan fingerprint density at radius 2 is 1.90 bits per heavy atom. The molecule has 0 unspecified atom stereocenters. The molecule has 0 atom stereocenters. The van der Waals surface area contributed by atoms with E-state index in [9.17, 15) is 4.79 Å². The highest BCUT2D eigenvalue weighted by molar-refractivity contribution is 6.32. The smallest absolute Gasteiger partial charge is 0.251 e. The summed E-state index contributed by atoms with van der Waals surface area (Å²) in [6.45, 7) is 4.74.